The second-order valence-electron chi connectivity index (χ2n) is 7.28. The van der Waals surface area contributed by atoms with Gasteiger partial charge in [-0.2, -0.15) is 0 Å². The van der Waals surface area contributed by atoms with Crippen LogP contribution in [0.5, 0.6) is 17.2 Å². The van der Waals surface area contributed by atoms with Crippen molar-refractivity contribution >= 4 is 11.5 Å². The number of hydrogen-bond donors (Lipinski definition) is 2. The Bertz CT molecular complexity index is 957. The fraction of sp³-hybridized carbons (Fsp3) is 0.435. The summed E-state index contributed by atoms with van der Waals surface area (Å²) in [6, 6.07) is 1.57. The van der Waals surface area contributed by atoms with E-state index in [1.807, 2.05) is 6.07 Å². The summed E-state index contributed by atoms with van der Waals surface area (Å²) in [4.78, 5) is 12.0. The van der Waals surface area contributed by atoms with Crippen LogP contribution in [-0.2, 0) is 20.7 Å². The molecule has 0 saturated heterocycles. The molecule has 2 N–H and O–H groups in total. The smallest absolute Gasteiger partial charge is 0.248 e. The molecular weight excluding hydrogens is 402 g/mol. The van der Waals surface area contributed by atoms with E-state index in [1.54, 1.807) is 33.5 Å². The largest absolute Gasteiger partial charge is 0.506 e. The molecule has 0 unspecified atom stereocenters. The Labute approximate surface area is 182 Å². The zero-order valence-electron chi connectivity index (χ0n) is 18.7. The number of aliphatic hydroxyl groups is 1. The second kappa shape index (κ2) is 9.03. The Balaban J connectivity index is 2.36. The third kappa shape index (κ3) is 3.88. The fourth-order valence-electron chi connectivity index (χ4n) is 4.21. The van der Waals surface area contributed by atoms with Crippen LogP contribution < -0.4 is 19.5 Å². The zero-order chi connectivity index (χ0) is 22.8. The van der Waals surface area contributed by atoms with Crippen molar-refractivity contribution < 1.29 is 33.6 Å². The molecule has 1 aromatic rings. The van der Waals surface area contributed by atoms with Crippen molar-refractivity contribution in [3.8, 4) is 17.2 Å². The molecule has 0 saturated carbocycles. The van der Waals surface area contributed by atoms with Crippen LogP contribution in [0, 0.1) is 0 Å². The molecule has 168 valence electrons. The maximum atomic E-state index is 12.0. The number of benzene rings is 1. The first-order valence-corrected chi connectivity index (χ1v) is 9.89. The molecule has 1 atom stereocenters. The lowest BCUT2D eigenvalue weighted by Crippen LogP contribution is -2.38. The highest BCUT2D eigenvalue weighted by Crippen LogP contribution is 2.49. The normalized spacial score (nSPS) is 19.4. The third-order valence-electron chi connectivity index (χ3n) is 5.66. The molecule has 1 aromatic carbocycles. The first-order valence-electron chi connectivity index (χ1n) is 9.89. The maximum Gasteiger partial charge on any atom is 0.248 e. The number of aliphatic hydroxyl groups excluding tert-OH is 1. The van der Waals surface area contributed by atoms with Gasteiger partial charge < -0.3 is 34.1 Å². The minimum Gasteiger partial charge on any atom is -0.506 e. The predicted octanol–water partition coefficient (Wildman–Crippen LogP) is 2.92. The van der Waals surface area contributed by atoms with Crippen LogP contribution in [0.4, 0.5) is 0 Å². The van der Waals surface area contributed by atoms with Gasteiger partial charge in [-0.1, -0.05) is 6.08 Å². The molecule has 0 bridgehead atoms. The first-order chi connectivity index (χ1) is 14.8. The van der Waals surface area contributed by atoms with Crippen molar-refractivity contribution in [2.75, 3.05) is 35.5 Å². The molecule has 2 aliphatic carbocycles. The van der Waals surface area contributed by atoms with Crippen molar-refractivity contribution in [1.82, 2.24) is 5.32 Å². The molecule has 8 heteroatoms. The Morgan fingerprint density at radius 1 is 1.06 bits per heavy atom. The quantitative estimate of drug-likeness (QED) is 0.669. The summed E-state index contributed by atoms with van der Waals surface area (Å²) in [6.45, 7) is 1.47. The van der Waals surface area contributed by atoms with Crippen molar-refractivity contribution in [3.05, 3.63) is 46.8 Å². The number of amides is 1. The van der Waals surface area contributed by atoms with Crippen molar-refractivity contribution in [3.63, 3.8) is 0 Å². The van der Waals surface area contributed by atoms with Crippen LogP contribution in [0.1, 0.15) is 24.5 Å². The van der Waals surface area contributed by atoms with E-state index in [0.717, 1.165) is 22.3 Å². The molecule has 0 aromatic heterocycles. The second-order valence-corrected chi connectivity index (χ2v) is 7.28. The predicted molar refractivity (Wildman–Crippen MR) is 116 cm³/mol. The fourth-order valence-corrected chi connectivity index (χ4v) is 4.21. The zero-order valence-corrected chi connectivity index (χ0v) is 18.7. The van der Waals surface area contributed by atoms with Gasteiger partial charge in [-0.05, 0) is 47.8 Å². The van der Waals surface area contributed by atoms with E-state index in [2.05, 4.69) is 5.32 Å². The number of rotatable bonds is 6. The molecule has 0 heterocycles. The van der Waals surface area contributed by atoms with Crippen LogP contribution in [0.3, 0.4) is 0 Å². The van der Waals surface area contributed by atoms with Crippen LogP contribution in [-0.4, -0.2) is 58.4 Å². The summed E-state index contributed by atoms with van der Waals surface area (Å²) in [6.07, 6.45) is 6.26. The van der Waals surface area contributed by atoms with Gasteiger partial charge in [0.1, 0.15) is 0 Å². The Morgan fingerprint density at radius 3 is 2.29 bits per heavy atom. The van der Waals surface area contributed by atoms with Gasteiger partial charge in [0.25, 0.3) is 0 Å². The molecule has 31 heavy (non-hydrogen) atoms. The van der Waals surface area contributed by atoms with E-state index < -0.39 is 5.79 Å². The van der Waals surface area contributed by atoms with Crippen molar-refractivity contribution in [2.45, 2.75) is 31.6 Å². The number of ether oxygens (including phenoxy) is 5. The molecule has 0 aliphatic heterocycles. The van der Waals surface area contributed by atoms with Gasteiger partial charge >= 0.3 is 0 Å². The van der Waals surface area contributed by atoms with Crippen LogP contribution in [0.25, 0.3) is 5.57 Å². The molecule has 2 aliphatic rings. The van der Waals surface area contributed by atoms with E-state index in [-0.39, 0.29) is 17.7 Å². The molecule has 8 nitrogen and oxygen atoms in total. The molecule has 1 amide bonds. The van der Waals surface area contributed by atoms with Gasteiger partial charge in [0, 0.05) is 26.7 Å². The highest BCUT2D eigenvalue weighted by molar-refractivity contribution is 5.90. The van der Waals surface area contributed by atoms with E-state index >= 15 is 0 Å². The van der Waals surface area contributed by atoms with Gasteiger partial charge in [-0.25, -0.2) is 0 Å². The monoisotopic (exact) mass is 431 g/mol. The van der Waals surface area contributed by atoms with Crippen LogP contribution in [0.15, 0.2) is 35.6 Å². The summed E-state index contributed by atoms with van der Waals surface area (Å²) in [5.74, 6) is -0.249. The van der Waals surface area contributed by atoms with Crippen molar-refractivity contribution in [1.29, 1.82) is 0 Å². The van der Waals surface area contributed by atoms with E-state index in [0.29, 0.717) is 30.1 Å². The van der Waals surface area contributed by atoms with Crippen molar-refractivity contribution in [2.24, 2.45) is 0 Å². The molecule has 0 radical (unpaired) electrons. The van der Waals surface area contributed by atoms with Gasteiger partial charge in [0.2, 0.25) is 17.4 Å². The molecular formula is C23H29NO7. The van der Waals surface area contributed by atoms with E-state index in [1.165, 1.54) is 27.2 Å². The minimum atomic E-state index is -1.49. The number of hydrogen-bond acceptors (Lipinski definition) is 7. The maximum absolute atomic E-state index is 12.0. The highest BCUT2D eigenvalue weighted by Gasteiger charge is 2.39. The number of allylic oxidation sites excluding steroid dienone is 2. The number of carbonyl (C=O) groups is 1. The number of methoxy groups -OCH3 is 5. The summed E-state index contributed by atoms with van der Waals surface area (Å²) in [5.41, 5.74) is 3.26. The lowest BCUT2D eigenvalue weighted by atomic mass is 9.90. The van der Waals surface area contributed by atoms with Gasteiger partial charge in [0.05, 0.1) is 27.4 Å². The topological polar surface area (TPSA) is 95.5 Å². The van der Waals surface area contributed by atoms with Crippen LogP contribution >= 0.6 is 0 Å². The summed E-state index contributed by atoms with van der Waals surface area (Å²) >= 11 is 0. The Hall–Kier alpha value is -2.97. The number of aryl methyl sites for hydroxylation is 1. The standard InChI is InChI=1S/C23H29NO7/c1-13(25)24-17-9-7-14-11-18(27-2)21(28-3)22(29-4)20(14)15-8-10-19(26)23(30-5,31-6)12-16(15)17/h8,10-12,17,26H,7,9H2,1-6H3,(H,24,25)/t17-/m0/s1. The lowest BCUT2D eigenvalue weighted by molar-refractivity contribution is -0.162. The molecule has 0 spiro atoms. The van der Waals surface area contributed by atoms with E-state index in [4.69, 9.17) is 23.7 Å². The number of carbonyl (C=O) groups excluding carboxylic acids is 1. The minimum absolute atomic E-state index is 0.117. The highest BCUT2D eigenvalue weighted by atomic mass is 16.7. The SMILES string of the molecule is COc1cc2c(c(OC)c1OC)C1=CC=C(O)C(OC)(OC)C=C1[C@@H](NC(C)=O)CC2. The average molecular weight is 431 g/mol. The Morgan fingerprint density at radius 2 is 1.74 bits per heavy atom. The molecule has 3 rings (SSSR count). The third-order valence-corrected chi connectivity index (χ3v) is 5.66. The summed E-state index contributed by atoms with van der Waals surface area (Å²) in [5, 5.41) is 13.7. The van der Waals surface area contributed by atoms with E-state index in [9.17, 15) is 9.90 Å². The number of nitrogens with one attached hydrogen (secondary N) is 1. The summed E-state index contributed by atoms with van der Waals surface area (Å²) in [7, 11) is 7.58. The van der Waals surface area contributed by atoms with Gasteiger partial charge in [-0.15, -0.1) is 0 Å². The van der Waals surface area contributed by atoms with Crippen LogP contribution in [0.2, 0.25) is 0 Å². The van der Waals surface area contributed by atoms with Gasteiger partial charge in [-0.3, -0.25) is 4.79 Å². The van der Waals surface area contributed by atoms with Gasteiger partial charge in [0.15, 0.2) is 17.3 Å². The summed E-state index contributed by atoms with van der Waals surface area (Å²) < 4.78 is 28.0. The molecule has 0 fully saturated rings. The number of fused-ring (bicyclic) bond motifs is 3. The average Bonchev–Trinajstić information content (AvgIpc) is 3.00. The lowest BCUT2D eigenvalue weighted by Gasteiger charge is -2.29. The Kier molecular flexibility index (Phi) is 6.62. The first kappa shape index (κ1) is 22.7.